The molecule has 0 atom stereocenters. The van der Waals surface area contributed by atoms with Gasteiger partial charge in [-0.25, -0.2) is 4.68 Å². The number of rotatable bonds is 9. The van der Waals surface area contributed by atoms with Crippen LogP contribution in [0.3, 0.4) is 0 Å². The maximum Gasteiger partial charge on any atom is 0.416 e. The Morgan fingerprint density at radius 3 is 1.93 bits per heavy atom. The molecule has 0 aliphatic heterocycles. The molecule has 0 aliphatic carbocycles. The zero-order chi connectivity index (χ0) is 32.1. The van der Waals surface area contributed by atoms with E-state index in [0.717, 1.165) is 46.0 Å². The van der Waals surface area contributed by atoms with Crippen molar-refractivity contribution < 1.29 is 22.8 Å². The number of nitrogens with zero attached hydrogens (tertiary/aromatic N) is 3. The summed E-state index contributed by atoms with van der Waals surface area (Å²) >= 11 is 0. The molecule has 0 radical (unpaired) electrons. The minimum absolute atomic E-state index is 0.0940. The average molecular weight is 612 g/mol. The van der Waals surface area contributed by atoms with Crippen LogP contribution in [0.15, 0.2) is 103 Å². The summed E-state index contributed by atoms with van der Waals surface area (Å²) in [4.78, 5) is 26.7. The number of amides is 2. The molecule has 5 rings (SSSR count). The molecule has 2 amide bonds. The first-order valence-electron chi connectivity index (χ1n) is 14.3. The van der Waals surface area contributed by atoms with E-state index in [0.29, 0.717) is 23.2 Å². The van der Waals surface area contributed by atoms with Crippen LogP contribution in [0.5, 0.6) is 0 Å². The lowest BCUT2D eigenvalue weighted by molar-refractivity contribution is -0.137. The van der Waals surface area contributed by atoms with E-state index in [1.165, 1.54) is 12.1 Å². The number of carbonyl (C=O) groups excluding carboxylic acids is 2. The van der Waals surface area contributed by atoms with E-state index in [4.69, 9.17) is 5.10 Å². The first-order chi connectivity index (χ1) is 21.5. The number of alkyl halides is 3. The van der Waals surface area contributed by atoms with E-state index in [-0.39, 0.29) is 18.2 Å². The van der Waals surface area contributed by atoms with Gasteiger partial charge in [0, 0.05) is 56.5 Å². The number of benzene rings is 4. The van der Waals surface area contributed by atoms with Crippen LogP contribution in [0.1, 0.15) is 28.0 Å². The molecule has 1 heterocycles. The Morgan fingerprint density at radius 1 is 0.800 bits per heavy atom. The predicted molar refractivity (Wildman–Crippen MR) is 171 cm³/mol. The minimum Gasteiger partial charge on any atom is -0.378 e. The fraction of sp³-hybridized carbons (Fsp3) is 0.171. The first-order valence-corrected chi connectivity index (χ1v) is 14.3. The zero-order valence-corrected chi connectivity index (χ0v) is 25.0. The van der Waals surface area contributed by atoms with E-state index in [1.54, 1.807) is 36.0 Å². The molecular formula is C35H32F3N5O2. The number of hydrogen-bond donors (Lipinski definition) is 2. The number of carbonyl (C=O) groups is 2. The van der Waals surface area contributed by atoms with Crippen molar-refractivity contribution in [2.75, 3.05) is 31.4 Å². The van der Waals surface area contributed by atoms with Crippen LogP contribution >= 0.6 is 0 Å². The molecule has 0 saturated carbocycles. The highest BCUT2D eigenvalue weighted by atomic mass is 19.4. The normalized spacial score (nSPS) is 11.2. The second-order valence-electron chi connectivity index (χ2n) is 10.7. The Kier molecular flexibility index (Phi) is 9.03. The molecule has 4 aromatic carbocycles. The Balaban J connectivity index is 1.39. The van der Waals surface area contributed by atoms with Crippen LogP contribution < -0.4 is 15.5 Å². The first kappa shape index (κ1) is 31.1. The van der Waals surface area contributed by atoms with Crippen molar-refractivity contribution in [3.63, 3.8) is 0 Å². The summed E-state index contributed by atoms with van der Waals surface area (Å²) in [5.41, 5.74) is 5.98. The number of aryl methyl sites for hydroxylation is 1. The topological polar surface area (TPSA) is 79.3 Å². The maximum absolute atomic E-state index is 13.0. The van der Waals surface area contributed by atoms with Crippen molar-refractivity contribution in [3.8, 4) is 28.1 Å². The smallest absolute Gasteiger partial charge is 0.378 e. The van der Waals surface area contributed by atoms with Gasteiger partial charge in [-0.05, 0) is 77.9 Å². The highest BCUT2D eigenvalue weighted by Gasteiger charge is 2.30. The third-order valence-electron chi connectivity index (χ3n) is 7.39. The lowest BCUT2D eigenvalue weighted by atomic mass is 10.0. The second-order valence-corrected chi connectivity index (χ2v) is 10.7. The molecule has 2 N–H and O–H groups in total. The third kappa shape index (κ3) is 7.41. The SMILES string of the molecule is CNC(=O)CCc1cc(-c2ccc(-c3ccc(C(F)(F)F)cc3)cc2)n(-c2ccc(NC(=O)c3ccc(N(C)C)cc3)cc2)n1. The molecular weight excluding hydrogens is 579 g/mol. The molecule has 230 valence electrons. The van der Waals surface area contributed by atoms with E-state index < -0.39 is 11.7 Å². The number of halogens is 3. The minimum atomic E-state index is -4.39. The largest absolute Gasteiger partial charge is 0.416 e. The van der Waals surface area contributed by atoms with Crippen LogP contribution in [0.4, 0.5) is 24.5 Å². The van der Waals surface area contributed by atoms with Crippen LogP contribution in [0, 0.1) is 0 Å². The summed E-state index contributed by atoms with van der Waals surface area (Å²) in [6, 6.07) is 29.1. The fourth-order valence-corrected chi connectivity index (χ4v) is 4.81. The highest BCUT2D eigenvalue weighted by molar-refractivity contribution is 6.04. The number of nitrogens with one attached hydrogen (secondary N) is 2. The van der Waals surface area contributed by atoms with Crippen molar-refractivity contribution in [2.45, 2.75) is 19.0 Å². The van der Waals surface area contributed by atoms with Crippen LogP contribution in [-0.2, 0) is 17.4 Å². The Bertz CT molecular complexity index is 1780. The van der Waals surface area contributed by atoms with E-state index in [9.17, 15) is 22.8 Å². The van der Waals surface area contributed by atoms with E-state index >= 15 is 0 Å². The quantitative estimate of drug-likeness (QED) is 0.185. The molecule has 0 unspecified atom stereocenters. The van der Waals surface area contributed by atoms with Gasteiger partial charge >= 0.3 is 6.18 Å². The van der Waals surface area contributed by atoms with E-state index in [2.05, 4.69) is 10.6 Å². The number of aromatic nitrogens is 2. The summed E-state index contributed by atoms with van der Waals surface area (Å²) in [6.07, 6.45) is -3.68. The maximum atomic E-state index is 13.0. The second kappa shape index (κ2) is 13.1. The highest BCUT2D eigenvalue weighted by Crippen LogP contribution is 2.32. The van der Waals surface area contributed by atoms with Crippen molar-refractivity contribution in [3.05, 3.63) is 120 Å². The van der Waals surface area contributed by atoms with Gasteiger partial charge in [-0.1, -0.05) is 36.4 Å². The van der Waals surface area contributed by atoms with Crippen molar-refractivity contribution in [2.24, 2.45) is 0 Å². The molecule has 0 saturated heterocycles. The molecule has 0 spiro atoms. The van der Waals surface area contributed by atoms with Gasteiger partial charge in [-0.15, -0.1) is 0 Å². The summed E-state index contributed by atoms with van der Waals surface area (Å²) in [5, 5.41) is 10.3. The van der Waals surface area contributed by atoms with Gasteiger partial charge < -0.3 is 15.5 Å². The zero-order valence-electron chi connectivity index (χ0n) is 25.0. The van der Waals surface area contributed by atoms with Crippen molar-refractivity contribution in [1.29, 1.82) is 0 Å². The number of hydrogen-bond acceptors (Lipinski definition) is 4. The Morgan fingerprint density at radius 2 is 1.38 bits per heavy atom. The molecule has 7 nitrogen and oxygen atoms in total. The van der Waals surface area contributed by atoms with Crippen LogP contribution in [0.25, 0.3) is 28.1 Å². The lowest BCUT2D eigenvalue weighted by Crippen LogP contribution is -2.18. The Hall–Kier alpha value is -5.38. The average Bonchev–Trinajstić information content (AvgIpc) is 3.48. The van der Waals surface area contributed by atoms with Gasteiger partial charge in [0.2, 0.25) is 5.91 Å². The standard InChI is InChI=1S/C35H32F3N5O2/c1-39-33(44)21-16-29-22-32(25-6-4-23(5-7-25)24-8-12-27(13-9-24)35(36,37)38)43(41-29)31-19-14-28(15-20-31)40-34(45)26-10-17-30(18-11-26)42(2)3/h4-15,17-20,22H,16,21H2,1-3H3,(H,39,44)(H,40,45). The molecule has 0 fully saturated rings. The summed E-state index contributed by atoms with van der Waals surface area (Å²) in [7, 11) is 5.46. The van der Waals surface area contributed by atoms with E-state index in [1.807, 2.05) is 73.6 Å². The van der Waals surface area contributed by atoms with Gasteiger partial charge in [0.05, 0.1) is 22.6 Å². The monoisotopic (exact) mass is 611 g/mol. The molecule has 1 aromatic heterocycles. The fourth-order valence-electron chi connectivity index (χ4n) is 4.81. The summed E-state index contributed by atoms with van der Waals surface area (Å²) < 4.78 is 40.8. The van der Waals surface area contributed by atoms with Crippen molar-refractivity contribution >= 4 is 23.2 Å². The summed E-state index contributed by atoms with van der Waals surface area (Å²) in [6.45, 7) is 0. The molecule has 10 heteroatoms. The van der Waals surface area contributed by atoms with Gasteiger partial charge in [0.25, 0.3) is 5.91 Å². The lowest BCUT2D eigenvalue weighted by Gasteiger charge is -2.13. The Labute approximate surface area is 259 Å². The van der Waals surface area contributed by atoms with Gasteiger partial charge in [0.1, 0.15) is 0 Å². The van der Waals surface area contributed by atoms with Crippen LogP contribution in [0.2, 0.25) is 0 Å². The van der Waals surface area contributed by atoms with Crippen molar-refractivity contribution in [1.82, 2.24) is 15.1 Å². The van der Waals surface area contributed by atoms with Gasteiger partial charge in [-0.2, -0.15) is 18.3 Å². The molecule has 45 heavy (non-hydrogen) atoms. The van der Waals surface area contributed by atoms with Gasteiger partial charge in [0.15, 0.2) is 0 Å². The molecule has 0 bridgehead atoms. The molecule has 0 aliphatic rings. The van der Waals surface area contributed by atoms with Crippen LogP contribution in [-0.4, -0.2) is 42.7 Å². The summed E-state index contributed by atoms with van der Waals surface area (Å²) in [5.74, 6) is -0.319. The van der Waals surface area contributed by atoms with Gasteiger partial charge in [-0.3, -0.25) is 9.59 Å². The molecule has 5 aromatic rings. The third-order valence-corrected chi connectivity index (χ3v) is 7.39. The predicted octanol–water partition coefficient (Wildman–Crippen LogP) is 7.22. The number of anilines is 2.